The van der Waals surface area contributed by atoms with Crippen LogP contribution >= 0.6 is 0 Å². The third-order valence-electron chi connectivity index (χ3n) is 4.76. The summed E-state index contributed by atoms with van der Waals surface area (Å²) in [6.45, 7) is 4.63. The molecule has 1 aromatic carbocycles. The van der Waals surface area contributed by atoms with Gasteiger partial charge in [-0.25, -0.2) is 4.98 Å². The number of carbonyl (C=O) groups excluding carboxylic acids is 1. The number of nitrogens with zero attached hydrogens (tertiary/aromatic N) is 2. The molecule has 142 valence electrons. The smallest absolute Gasteiger partial charge is 0.244 e. The fraction of sp³-hybridized carbons (Fsp3) is 0.364. The summed E-state index contributed by atoms with van der Waals surface area (Å²) in [6.07, 6.45) is 8.93. The molecule has 0 aliphatic carbocycles. The number of aryl methyl sites for hydroxylation is 1. The van der Waals surface area contributed by atoms with Crippen molar-refractivity contribution in [3.05, 3.63) is 59.3 Å². The summed E-state index contributed by atoms with van der Waals surface area (Å²) >= 11 is 0. The molecule has 0 bridgehead atoms. The normalized spacial score (nSPS) is 14.4. The lowest BCUT2D eigenvalue weighted by molar-refractivity contribution is -0.116. The average molecular weight is 365 g/mol. The zero-order valence-electron chi connectivity index (χ0n) is 16.1. The van der Waals surface area contributed by atoms with Gasteiger partial charge in [0.2, 0.25) is 5.91 Å². The second-order valence-corrected chi connectivity index (χ2v) is 6.87. The van der Waals surface area contributed by atoms with Gasteiger partial charge < -0.3 is 15.0 Å². The maximum atomic E-state index is 12.1. The van der Waals surface area contributed by atoms with Gasteiger partial charge in [0.15, 0.2) is 0 Å². The first-order valence-electron chi connectivity index (χ1n) is 9.46. The van der Waals surface area contributed by atoms with Crippen LogP contribution in [-0.4, -0.2) is 31.1 Å². The van der Waals surface area contributed by atoms with Gasteiger partial charge in [0.25, 0.3) is 0 Å². The molecule has 1 aromatic heterocycles. The first-order chi connectivity index (χ1) is 13.2. The van der Waals surface area contributed by atoms with Crippen molar-refractivity contribution in [2.45, 2.75) is 32.7 Å². The van der Waals surface area contributed by atoms with E-state index in [0.717, 1.165) is 41.3 Å². The van der Waals surface area contributed by atoms with E-state index in [9.17, 15) is 4.79 Å². The number of benzene rings is 1. The molecule has 5 heteroatoms. The monoisotopic (exact) mass is 365 g/mol. The molecule has 0 unspecified atom stereocenters. The quantitative estimate of drug-likeness (QED) is 0.793. The van der Waals surface area contributed by atoms with E-state index < -0.39 is 0 Å². The minimum Gasteiger partial charge on any atom is -0.496 e. The van der Waals surface area contributed by atoms with E-state index >= 15 is 0 Å². The van der Waals surface area contributed by atoms with E-state index in [1.165, 1.54) is 25.3 Å². The number of carbonyl (C=O) groups is 1. The second kappa shape index (κ2) is 9.21. The van der Waals surface area contributed by atoms with Crippen molar-refractivity contribution in [3.8, 4) is 5.75 Å². The van der Waals surface area contributed by atoms with Crippen LogP contribution < -0.4 is 15.0 Å². The lowest BCUT2D eigenvalue weighted by Crippen LogP contribution is -2.30. The van der Waals surface area contributed by atoms with Crippen molar-refractivity contribution >= 4 is 17.8 Å². The highest BCUT2D eigenvalue weighted by Crippen LogP contribution is 2.21. The molecule has 1 fully saturated rings. The summed E-state index contributed by atoms with van der Waals surface area (Å²) in [5, 5.41) is 2.90. The van der Waals surface area contributed by atoms with E-state index in [-0.39, 0.29) is 5.91 Å². The van der Waals surface area contributed by atoms with E-state index in [4.69, 9.17) is 4.74 Å². The van der Waals surface area contributed by atoms with Crippen LogP contribution in [0.1, 0.15) is 36.0 Å². The van der Waals surface area contributed by atoms with Crippen molar-refractivity contribution < 1.29 is 9.53 Å². The second-order valence-electron chi connectivity index (χ2n) is 6.87. The van der Waals surface area contributed by atoms with Gasteiger partial charge in [-0.15, -0.1) is 0 Å². The Bertz CT molecular complexity index is 794. The molecule has 0 spiro atoms. The van der Waals surface area contributed by atoms with E-state index in [1.807, 2.05) is 43.5 Å². The molecule has 1 aliphatic heterocycles. The number of hydrogen-bond donors (Lipinski definition) is 1. The molecule has 2 aromatic rings. The molecule has 1 saturated heterocycles. The standard InChI is InChI=1S/C22H27N3O2/c1-17-6-9-20(27-2)19(14-17)8-11-22(26)24-16-18-7-10-21(23-15-18)25-12-4-3-5-13-25/h6-11,14-15H,3-5,12-13,16H2,1-2H3,(H,24,26). The Kier molecular flexibility index (Phi) is 6.47. The van der Waals surface area contributed by atoms with Gasteiger partial charge in [0.1, 0.15) is 11.6 Å². The van der Waals surface area contributed by atoms with Crippen LogP contribution in [0.3, 0.4) is 0 Å². The molecule has 27 heavy (non-hydrogen) atoms. The Hall–Kier alpha value is -2.82. The maximum Gasteiger partial charge on any atom is 0.244 e. The van der Waals surface area contributed by atoms with Gasteiger partial charge in [-0.2, -0.15) is 0 Å². The van der Waals surface area contributed by atoms with Crippen molar-refractivity contribution in [2.75, 3.05) is 25.1 Å². The van der Waals surface area contributed by atoms with Gasteiger partial charge in [-0.05, 0) is 56.0 Å². The third kappa shape index (κ3) is 5.33. The first-order valence-corrected chi connectivity index (χ1v) is 9.46. The number of rotatable bonds is 6. The van der Waals surface area contributed by atoms with Gasteiger partial charge in [0, 0.05) is 37.5 Å². The van der Waals surface area contributed by atoms with Crippen molar-refractivity contribution in [2.24, 2.45) is 0 Å². The Balaban J connectivity index is 1.54. The highest BCUT2D eigenvalue weighted by molar-refractivity contribution is 5.92. The predicted molar refractivity (Wildman–Crippen MR) is 109 cm³/mol. The predicted octanol–water partition coefficient (Wildman–Crippen LogP) is 3.72. The van der Waals surface area contributed by atoms with Crippen molar-refractivity contribution in [3.63, 3.8) is 0 Å². The molecule has 5 nitrogen and oxygen atoms in total. The van der Waals surface area contributed by atoms with Crippen LogP contribution in [0.5, 0.6) is 5.75 Å². The number of hydrogen-bond acceptors (Lipinski definition) is 4. The first kappa shape index (κ1) is 19.0. The summed E-state index contributed by atoms with van der Waals surface area (Å²) in [5.74, 6) is 1.64. The number of piperidine rings is 1. The van der Waals surface area contributed by atoms with Crippen LogP contribution in [0.2, 0.25) is 0 Å². The molecule has 1 N–H and O–H groups in total. The Morgan fingerprint density at radius 1 is 1.22 bits per heavy atom. The largest absolute Gasteiger partial charge is 0.496 e. The van der Waals surface area contributed by atoms with Crippen LogP contribution in [-0.2, 0) is 11.3 Å². The zero-order chi connectivity index (χ0) is 19.1. The van der Waals surface area contributed by atoms with Crippen LogP contribution in [0.25, 0.3) is 6.08 Å². The molecule has 0 atom stereocenters. The van der Waals surface area contributed by atoms with E-state index in [0.29, 0.717) is 6.54 Å². The van der Waals surface area contributed by atoms with Crippen LogP contribution in [0, 0.1) is 6.92 Å². The highest BCUT2D eigenvalue weighted by atomic mass is 16.5. The number of amides is 1. The fourth-order valence-corrected chi connectivity index (χ4v) is 3.23. The summed E-state index contributed by atoms with van der Waals surface area (Å²) in [5.41, 5.74) is 3.00. The van der Waals surface area contributed by atoms with E-state index in [1.54, 1.807) is 13.2 Å². The molecular weight excluding hydrogens is 338 g/mol. The van der Waals surface area contributed by atoms with Crippen molar-refractivity contribution in [1.82, 2.24) is 10.3 Å². The van der Waals surface area contributed by atoms with Crippen LogP contribution in [0.4, 0.5) is 5.82 Å². The minimum absolute atomic E-state index is 0.140. The third-order valence-corrected chi connectivity index (χ3v) is 4.76. The molecule has 1 amide bonds. The number of nitrogens with one attached hydrogen (secondary N) is 1. The zero-order valence-corrected chi connectivity index (χ0v) is 16.1. The molecule has 0 saturated carbocycles. The van der Waals surface area contributed by atoms with Gasteiger partial charge in [0.05, 0.1) is 7.11 Å². The fourth-order valence-electron chi connectivity index (χ4n) is 3.23. The number of pyridine rings is 1. The molecule has 1 aliphatic rings. The number of anilines is 1. The maximum absolute atomic E-state index is 12.1. The number of aromatic nitrogens is 1. The molecular formula is C22H27N3O2. The summed E-state index contributed by atoms with van der Waals surface area (Å²) in [4.78, 5) is 19.0. The number of methoxy groups -OCH3 is 1. The summed E-state index contributed by atoms with van der Waals surface area (Å²) in [6, 6.07) is 9.95. The summed E-state index contributed by atoms with van der Waals surface area (Å²) in [7, 11) is 1.63. The molecule has 3 rings (SSSR count). The Morgan fingerprint density at radius 2 is 2.04 bits per heavy atom. The topological polar surface area (TPSA) is 54.5 Å². The SMILES string of the molecule is COc1ccc(C)cc1C=CC(=O)NCc1ccc(N2CCCCC2)nc1. The van der Waals surface area contributed by atoms with Gasteiger partial charge in [-0.1, -0.05) is 17.7 Å². The Morgan fingerprint density at radius 3 is 2.74 bits per heavy atom. The number of ether oxygens (including phenoxy) is 1. The van der Waals surface area contributed by atoms with Crippen LogP contribution in [0.15, 0.2) is 42.6 Å². The van der Waals surface area contributed by atoms with Gasteiger partial charge in [-0.3, -0.25) is 4.79 Å². The lowest BCUT2D eigenvalue weighted by atomic mass is 10.1. The summed E-state index contributed by atoms with van der Waals surface area (Å²) < 4.78 is 5.33. The van der Waals surface area contributed by atoms with Gasteiger partial charge >= 0.3 is 0 Å². The Labute approximate surface area is 161 Å². The lowest BCUT2D eigenvalue weighted by Gasteiger charge is -2.27. The van der Waals surface area contributed by atoms with Crippen molar-refractivity contribution in [1.29, 1.82) is 0 Å². The van der Waals surface area contributed by atoms with E-state index in [2.05, 4.69) is 15.2 Å². The average Bonchev–Trinajstić information content (AvgIpc) is 2.72. The minimum atomic E-state index is -0.140. The molecule has 0 radical (unpaired) electrons. The molecule has 2 heterocycles. The highest BCUT2D eigenvalue weighted by Gasteiger charge is 2.11.